The molecule has 24 heteroatoms. The third-order valence-electron chi connectivity index (χ3n) is 16.1. The lowest BCUT2D eigenvalue weighted by atomic mass is 9.91. The van der Waals surface area contributed by atoms with Crippen molar-refractivity contribution in [1.29, 1.82) is 0 Å². The minimum absolute atomic E-state index is 0. The van der Waals surface area contributed by atoms with E-state index in [4.69, 9.17) is 4.74 Å². The molecule has 24 nitrogen and oxygen atoms in total. The molecule has 0 aromatic rings. The van der Waals surface area contributed by atoms with E-state index in [0.29, 0.717) is 0 Å². The zero-order valence-corrected chi connectivity index (χ0v) is 57.6. The number of carbonyl (C=O) groups excluding carboxylic acids is 11. The van der Waals surface area contributed by atoms with Crippen molar-refractivity contribution in [2.45, 2.75) is 243 Å². The van der Waals surface area contributed by atoms with Crippen LogP contribution < -0.4 is 21.3 Å². The number of hydrogen-bond donors (Lipinski definition) is 6. The maximum absolute atomic E-state index is 15.1. The number of ether oxygens (including phenoxy) is 1. The third-order valence-corrected chi connectivity index (χ3v) is 16.1. The molecule has 0 aromatic heterocycles. The van der Waals surface area contributed by atoms with Gasteiger partial charge < -0.3 is 65.6 Å². The normalized spacial score (nSPS) is 26.4. The Morgan fingerprint density at radius 2 is 0.876 bits per heavy atom. The van der Waals surface area contributed by atoms with E-state index in [0.717, 1.165) is 14.7 Å². The molecule has 1 heterocycles. The predicted octanol–water partition coefficient (Wildman–Crippen LogP) is 3.99. The molecule has 6 N–H and O–H groups in total. The van der Waals surface area contributed by atoms with Crippen LogP contribution in [0.3, 0.4) is 0 Å². The number of likely N-dealkylation sites (N-methyl/N-ethyl adjacent to an activating group) is 6. The summed E-state index contributed by atoms with van der Waals surface area (Å²) in [6.45, 7) is 30.5. The molecule has 0 aliphatic carbocycles. The fourth-order valence-corrected chi connectivity index (χ4v) is 10.8. The van der Waals surface area contributed by atoms with Crippen molar-refractivity contribution in [1.82, 2.24) is 50.7 Å². The van der Waals surface area contributed by atoms with E-state index in [9.17, 15) is 58.2 Å². The lowest BCUT2D eigenvalue weighted by molar-refractivity contribution is -0.166. The molecule has 1 fully saturated rings. The summed E-state index contributed by atoms with van der Waals surface area (Å²) in [6.07, 6.45) is -0.368. The first kappa shape index (κ1) is 82.8. The highest BCUT2D eigenvalue weighted by atomic mass is 16.6. The highest BCUT2D eigenvalue weighted by Crippen LogP contribution is 2.25. The molecular formula is C65H118N10O14. The lowest BCUT2D eigenvalue weighted by Crippen LogP contribution is -2.64. The first-order chi connectivity index (χ1) is 40.5. The first-order valence-corrected chi connectivity index (χ1v) is 31.5. The minimum Gasteiger partial charge on any atom is -0.450 e. The van der Waals surface area contributed by atoms with Gasteiger partial charge in [-0.1, -0.05) is 123 Å². The number of allylic oxidation sites excluding steroid dienone is 2. The van der Waals surface area contributed by atoms with Crippen LogP contribution in [-0.2, 0) is 57.5 Å². The van der Waals surface area contributed by atoms with Crippen LogP contribution in [0.5, 0.6) is 0 Å². The van der Waals surface area contributed by atoms with Crippen LogP contribution in [0.4, 0.5) is 0 Å². The zero-order valence-electron chi connectivity index (χ0n) is 57.6. The van der Waals surface area contributed by atoms with Gasteiger partial charge >= 0.3 is 5.97 Å². The van der Waals surface area contributed by atoms with Crippen molar-refractivity contribution in [3.8, 4) is 0 Å². The van der Waals surface area contributed by atoms with Crippen molar-refractivity contribution in [2.75, 3.05) is 48.8 Å². The number of aliphatic hydroxyl groups excluding tert-OH is 2. The number of amides is 10. The number of nitrogens with one attached hydrogen (secondary N) is 4. The number of esters is 1. The average Bonchev–Trinajstić information content (AvgIpc) is 2.33. The quantitative estimate of drug-likeness (QED) is 0.0887. The van der Waals surface area contributed by atoms with E-state index >= 15 is 4.79 Å². The van der Waals surface area contributed by atoms with Crippen molar-refractivity contribution >= 4 is 65.0 Å². The van der Waals surface area contributed by atoms with Gasteiger partial charge in [-0.2, -0.15) is 0 Å². The monoisotopic (exact) mass is 1260 g/mol. The van der Waals surface area contributed by atoms with Gasteiger partial charge in [-0.3, -0.25) is 47.9 Å². The number of carbonyl (C=O) groups is 11. The third kappa shape index (κ3) is 24.5. The van der Waals surface area contributed by atoms with Crippen molar-refractivity contribution in [2.24, 2.45) is 47.3 Å². The van der Waals surface area contributed by atoms with Crippen LogP contribution in [0, 0.1) is 47.3 Å². The summed E-state index contributed by atoms with van der Waals surface area (Å²) < 4.78 is 5.89. The van der Waals surface area contributed by atoms with Gasteiger partial charge in [-0.05, 0) is 107 Å². The van der Waals surface area contributed by atoms with Crippen molar-refractivity contribution in [3.05, 3.63) is 12.2 Å². The molecule has 1 rings (SSSR count). The Balaban J connectivity index is 0.0000774. The minimum atomic E-state index is -1.75. The Bertz CT molecular complexity index is 2390. The van der Waals surface area contributed by atoms with Crippen LogP contribution >= 0.6 is 0 Å². The van der Waals surface area contributed by atoms with Crippen molar-refractivity contribution in [3.63, 3.8) is 0 Å². The summed E-state index contributed by atoms with van der Waals surface area (Å²) in [5.74, 6) is -11.6. The Kier molecular flexibility index (Phi) is 35.2. The molecule has 0 bridgehead atoms. The van der Waals surface area contributed by atoms with Gasteiger partial charge in [0.1, 0.15) is 54.4 Å². The highest BCUT2D eigenvalue weighted by molar-refractivity contribution is 5.99. The molecule has 0 unspecified atom stereocenters. The Hall–Kier alpha value is -6.17. The highest BCUT2D eigenvalue weighted by Gasteiger charge is 2.46. The summed E-state index contributed by atoms with van der Waals surface area (Å²) >= 11 is 0. The lowest BCUT2D eigenvalue weighted by Gasteiger charge is -2.40. The molecule has 0 aromatic carbocycles. The van der Waals surface area contributed by atoms with Gasteiger partial charge in [0.25, 0.3) is 5.91 Å². The first-order valence-electron chi connectivity index (χ1n) is 31.5. The molecule has 1 aliphatic heterocycles. The number of rotatable bonds is 17. The maximum atomic E-state index is 15.1. The van der Waals surface area contributed by atoms with E-state index in [2.05, 4.69) is 21.3 Å². The fourth-order valence-electron chi connectivity index (χ4n) is 10.8. The molecular weight excluding hydrogens is 1140 g/mol. The summed E-state index contributed by atoms with van der Waals surface area (Å²) in [6, 6.07) is -12.2. The summed E-state index contributed by atoms with van der Waals surface area (Å²) in [7, 11) is 8.12. The fraction of sp³-hybridized carbons (Fsp3) is 0.800. The number of aliphatic hydroxyl groups is 2. The van der Waals surface area contributed by atoms with E-state index in [-0.39, 0.29) is 75.5 Å². The van der Waals surface area contributed by atoms with Crippen LogP contribution in [0.2, 0.25) is 0 Å². The van der Waals surface area contributed by atoms with Crippen molar-refractivity contribution < 1.29 is 67.7 Å². The van der Waals surface area contributed by atoms with E-state index in [1.807, 2.05) is 69.2 Å². The van der Waals surface area contributed by atoms with Gasteiger partial charge in [-0.25, -0.2) is 4.79 Å². The van der Waals surface area contributed by atoms with Crippen LogP contribution in [0.15, 0.2) is 12.2 Å². The van der Waals surface area contributed by atoms with Gasteiger partial charge in [0, 0.05) is 42.3 Å². The number of cyclic esters (lactones) is 1. The SMILES string of the molecule is C.C/C=C/C[C@@H](C)[C@@H](O)[C@@H]1C(=O)N[C@H]([C@@H](C)O)C(=O)N(C)CC(=O)N(C)[C@@H](CC(C)C)C(=O)N[C@H](CC(C)C)C(=O)N(C)[C@H](CC(C)C)C(=O)N[C@H](C)C(=O)O[C@@H](C(C)C)C(=O)N(C)[C@H](CC(C)C)C(=O)N[C@H](CC(C)C)C(=O)N(C)[C@H](C(C)C)C(=O)N1C. The van der Waals surface area contributed by atoms with E-state index in [1.54, 1.807) is 53.7 Å². The molecule has 1 saturated heterocycles. The molecule has 512 valence electrons. The van der Waals surface area contributed by atoms with Gasteiger partial charge in [-0.15, -0.1) is 0 Å². The van der Waals surface area contributed by atoms with E-state index in [1.165, 1.54) is 70.8 Å². The van der Waals surface area contributed by atoms with Gasteiger partial charge in [0.15, 0.2) is 6.10 Å². The van der Waals surface area contributed by atoms with Gasteiger partial charge in [0.05, 0.1) is 18.8 Å². The Morgan fingerprint density at radius 3 is 1.27 bits per heavy atom. The largest absolute Gasteiger partial charge is 0.450 e. The van der Waals surface area contributed by atoms with Crippen LogP contribution in [0.1, 0.15) is 171 Å². The molecule has 0 radical (unpaired) electrons. The Morgan fingerprint density at radius 1 is 0.483 bits per heavy atom. The molecule has 89 heavy (non-hydrogen) atoms. The van der Waals surface area contributed by atoms with Crippen LogP contribution in [0.25, 0.3) is 0 Å². The second-order valence-electron chi connectivity index (χ2n) is 27.3. The standard InChI is InChI=1S/C64H114N10O14.CH4/c1-25-26-27-41(16)53(77)52-58(81)68-50(43(18)75)61(84)69(19)33-49(76)70(20)46(30-36(6)7)56(79)66-44(28-34(2)3)59(82)71(21)47(31-37(8)9)55(78)65-42(17)64(87)88-54(40(14)15)63(86)72(22)48(32-38(10)11)57(80)67-45(29-35(4)5)60(83)73(23)51(39(12)13)62(85)74(52)24;/h25-26,34-48,50-54,75,77H,27-33H2,1-24H3,(H,65,78)(H,66,79)(H,67,80)(H,68,81);1H4/b26-25+;/t41-,42-,43-,44-,45-,46+,47-,48-,50-,51-,52-,53-,54+;/m1./s1. The molecule has 0 spiro atoms. The smallest absolute Gasteiger partial charge is 0.329 e. The zero-order chi connectivity index (χ0) is 68.3. The van der Waals surface area contributed by atoms with Gasteiger partial charge in [0.2, 0.25) is 53.2 Å². The second kappa shape index (κ2) is 37.9. The Labute approximate surface area is 533 Å². The second-order valence-corrected chi connectivity index (χ2v) is 27.3. The number of nitrogens with zero attached hydrogens (tertiary/aromatic N) is 6. The van der Waals surface area contributed by atoms with E-state index < -0.39 is 162 Å². The molecule has 13 atom stereocenters. The summed E-state index contributed by atoms with van der Waals surface area (Å²) in [5.41, 5.74) is 0. The molecule has 1 aliphatic rings. The number of hydrogen-bond acceptors (Lipinski definition) is 14. The predicted molar refractivity (Wildman–Crippen MR) is 344 cm³/mol. The average molecular weight is 1260 g/mol. The molecule has 0 saturated carbocycles. The summed E-state index contributed by atoms with van der Waals surface area (Å²) in [4.78, 5) is 167. The molecule has 10 amide bonds. The van der Waals surface area contributed by atoms with Crippen LogP contribution in [-0.4, -0.2) is 226 Å². The maximum Gasteiger partial charge on any atom is 0.329 e. The topological polar surface area (TPSA) is 305 Å². The summed E-state index contributed by atoms with van der Waals surface area (Å²) in [5, 5.41) is 34.2.